The molecule has 0 unspecified atom stereocenters. The molecule has 6 heteroatoms. The fourth-order valence-electron chi connectivity index (χ4n) is 4.88. The van der Waals surface area contributed by atoms with E-state index in [1.807, 2.05) is 44.2 Å². The number of nitrogens with one attached hydrogen (secondary N) is 1. The molecule has 2 aromatic carbocycles. The number of anilines is 1. The molecule has 2 aromatic rings. The first kappa shape index (κ1) is 20.9. The molecule has 2 fully saturated rings. The van der Waals surface area contributed by atoms with Gasteiger partial charge in [0.2, 0.25) is 10.0 Å². The fraction of sp³-hybridized carbons (Fsp3) is 0.458. The quantitative estimate of drug-likeness (QED) is 0.753. The Morgan fingerprint density at radius 3 is 2.33 bits per heavy atom. The molecule has 0 spiro atoms. The number of hydrogen-bond acceptors (Lipinski definition) is 3. The minimum Gasteiger partial charge on any atom is -0.349 e. The van der Waals surface area contributed by atoms with Gasteiger partial charge in [0.25, 0.3) is 5.91 Å². The van der Waals surface area contributed by atoms with Crippen molar-refractivity contribution in [3.63, 3.8) is 0 Å². The molecule has 2 bridgehead atoms. The number of nitrogens with zero attached hydrogens (tertiary/aromatic N) is 1. The molecule has 5 nitrogen and oxygen atoms in total. The molecule has 2 aliphatic carbocycles. The second kappa shape index (κ2) is 8.06. The molecule has 4 rings (SSSR count). The van der Waals surface area contributed by atoms with Crippen LogP contribution in [0.3, 0.4) is 0 Å². The van der Waals surface area contributed by atoms with Crippen LogP contribution in [0.15, 0.2) is 42.5 Å². The maximum absolute atomic E-state index is 12.6. The van der Waals surface area contributed by atoms with E-state index in [-0.39, 0.29) is 12.5 Å². The molecule has 160 valence electrons. The number of amides is 1. The maximum atomic E-state index is 12.6. The zero-order valence-corrected chi connectivity index (χ0v) is 18.7. The summed E-state index contributed by atoms with van der Waals surface area (Å²) in [6.07, 6.45) is 6.12. The van der Waals surface area contributed by atoms with Crippen LogP contribution in [0.1, 0.15) is 52.7 Å². The molecule has 3 atom stereocenters. The molecule has 1 N–H and O–H groups in total. The van der Waals surface area contributed by atoms with E-state index in [1.165, 1.54) is 29.8 Å². The number of rotatable bonds is 6. The number of aryl methyl sites for hydroxylation is 2. The molecule has 0 radical (unpaired) electrons. The highest BCUT2D eigenvalue weighted by atomic mass is 32.2. The fourth-order valence-corrected chi connectivity index (χ4v) is 5.76. The molecule has 0 aromatic heterocycles. The largest absolute Gasteiger partial charge is 0.349 e. The topological polar surface area (TPSA) is 66.5 Å². The third-order valence-corrected chi connectivity index (χ3v) is 7.92. The molecule has 0 heterocycles. The van der Waals surface area contributed by atoms with E-state index in [1.54, 1.807) is 12.1 Å². The van der Waals surface area contributed by atoms with E-state index >= 15 is 0 Å². The van der Waals surface area contributed by atoms with Crippen molar-refractivity contribution in [2.24, 2.45) is 11.8 Å². The number of sulfonamides is 1. The van der Waals surface area contributed by atoms with Crippen LogP contribution in [0.4, 0.5) is 5.69 Å². The molecule has 0 aliphatic heterocycles. The van der Waals surface area contributed by atoms with E-state index in [0.29, 0.717) is 23.2 Å². The third-order valence-electron chi connectivity index (χ3n) is 6.78. The van der Waals surface area contributed by atoms with E-state index in [4.69, 9.17) is 0 Å². The summed E-state index contributed by atoms with van der Waals surface area (Å²) < 4.78 is 26.3. The summed E-state index contributed by atoms with van der Waals surface area (Å²) in [4.78, 5) is 12.6. The lowest BCUT2D eigenvalue weighted by atomic mass is 9.95. The maximum Gasteiger partial charge on any atom is 0.251 e. The lowest BCUT2D eigenvalue weighted by Crippen LogP contribution is -2.38. The molecular weight excluding hydrogens is 396 g/mol. The van der Waals surface area contributed by atoms with Crippen LogP contribution in [0.5, 0.6) is 0 Å². The minimum atomic E-state index is -3.44. The standard InChI is InChI=1S/C24H30N2O3S/c1-16-4-11-22(12-17(16)2)26(30(3,28)29)15-18-5-8-20(9-6-18)24(27)25-23-14-19-7-10-21(23)13-19/h4-6,8-9,11-12,19,21,23H,7,10,13-15H2,1-3H3,(H,25,27)/t19-,21+,23-/m1/s1. The number of benzene rings is 2. The lowest BCUT2D eigenvalue weighted by molar-refractivity contribution is 0.0923. The monoisotopic (exact) mass is 426 g/mol. The predicted octanol–water partition coefficient (Wildman–Crippen LogP) is 4.19. The highest BCUT2D eigenvalue weighted by molar-refractivity contribution is 7.92. The van der Waals surface area contributed by atoms with Gasteiger partial charge in [-0.3, -0.25) is 9.10 Å². The Kier molecular flexibility index (Phi) is 5.62. The second-order valence-corrected chi connectivity index (χ2v) is 10.9. The zero-order valence-electron chi connectivity index (χ0n) is 17.9. The molecule has 0 saturated heterocycles. The van der Waals surface area contributed by atoms with Crippen molar-refractivity contribution in [1.82, 2.24) is 5.32 Å². The normalized spacial score (nSPS) is 22.8. The summed E-state index contributed by atoms with van der Waals surface area (Å²) in [5, 5.41) is 3.20. The smallest absolute Gasteiger partial charge is 0.251 e. The second-order valence-electron chi connectivity index (χ2n) is 8.99. The first-order valence-corrected chi connectivity index (χ1v) is 12.5. The summed E-state index contributed by atoms with van der Waals surface area (Å²) in [5.74, 6) is 1.39. The van der Waals surface area contributed by atoms with Crippen molar-refractivity contribution in [3.05, 3.63) is 64.7 Å². The number of fused-ring (bicyclic) bond motifs is 2. The van der Waals surface area contributed by atoms with Crippen molar-refractivity contribution in [1.29, 1.82) is 0 Å². The Balaban J connectivity index is 1.47. The van der Waals surface area contributed by atoms with Crippen molar-refractivity contribution in [2.45, 2.75) is 52.1 Å². The Bertz CT molecular complexity index is 1050. The van der Waals surface area contributed by atoms with E-state index in [9.17, 15) is 13.2 Å². The Morgan fingerprint density at radius 2 is 1.77 bits per heavy atom. The molecule has 2 aliphatic rings. The number of carbonyl (C=O) groups is 1. The van der Waals surface area contributed by atoms with Crippen LogP contribution in [-0.4, -0.2) is 26.6 Å². The molecular formula is C24H30N2O3S. The molecule has 2 saturated carbocycles. The highest BCUT2D eigenvalue weighted by Gasteiger charge is 2.40. The van der Waals surface area contributed by atoms with Gasteiger partial charge in [-0.15, -0.1) is 0 Å². The zero-order chi connectivity index (χ0) is 21.5. The summed E-state index contributed by atoms with van der Waals surface area (Å²) >= 11 is 0. The van der Waals surface area contributed by atoms with Crippen LogP contribution in [0.25, 0.3) is 0 Å². The van der Waals surface area contributed by atoms with Gasteiger partial charge in [-0.1, -0.05) is 24.6 Å². The SMILES string of the molecule is Cc1ccc(N(Cc2ccc(C(=O)N[C@@H]3C[C@@H]4CC[C@H]3C4)cc2)S(C)(=O)=O)cc1C. The van der Waals surface area contributed by atoms with E-state index in [0.717, 1.165) is 29.0 Å². The van der Waals surface area contributed by atoms with Gasteiger partial charge >= 0.3 is 0 Å². The molecule has 1 amide bonds. The Hall–Kier alpha value is -2.34. The van der Waals surface area contributed by atoms with Gasteiger partial charge in [0.1, 0.15) is 0 Å². The summed E-state index contributed by atoms with van der Waals surface area (Å²) in [7, 11) is -3.44. The van der Waals surface area contributed by atoms with Gasteiger partial charge in [0.15, 0.2) is 0 Å². The van der Waals surface area contributed by atoms with Gasteiger partial charge < -0.3 is 5.32 Å². The van der Waals surface area contributed by atoms with E-state index < -0.39 is 10.0 Å². The van der Waals surface area contributed by atoms with Crippen molar-refractivity contribution in [3.8, 4) is 0 Å². The first-order chi connectivity index (χ1) is 14.2. The van der Waals surface area contributed by atoms with Crippen LogP contribution in [0.2, 0.25) is 0 Å². The first-order valence-electron chi connectivity index (χ1n) is 10.7. The van der Waals surface area contributed by atoms with Crippen LogP contribution >= 0.6 is 0 Å². The summed E-state index contributed by atoms with van der Waals surface area (Å²) in [6, 6.07) is 13.2. The Morgan fingerprint density at radius 1 is 1.03 bits per heavy atom. The Labute approximate surface area is 179 Å². The van der Waals surface area contributed by atoms with Gasteiger partial charge in [0.05, 0.1) is 18.5 Å². The summed E-state index contributed by atoms with van der Waals surface area (Å²) in [6.45, 7) is 4.21. The van der Waals surface area contributed by atoms with Gasteiger partial charge in [0, 0.05) is 11.6 Å². The van der Waals surface area contributed by atoms with Crippen molar-refractivity contribution < 1.29 is 13.2 Å². The highest BCUT2D eigenvalue weighted by Crippen LogP contribution is 2.44. The van der Waals surface area contributed by atoms with Gasteiger partial charge in [-0.2, -0.15) is 0 Å². The van der Waals surface area contributed by atoms with Gasteiger partial charge in [-0.25, -0.2) is 8.42 Å². The van der Waals surface area contributed by atoms with Gasteiger partial charge in [-0.05, 0) is 85.9 Å². The van der Waals surface area contributed by atoms with Crippen molar-refractivity contribution >= 4 is 21.6 Å². The van der Waals surface area contributed by atoms with Crippen LogP contribution in [0, 0.1) is 25.7 Å². The van der Waals surface area contributed by atoms with Crippen LogP contribution < -0.4 is 9.62 Å². The van der Waals surface area contributed by atoms with Crippen LogP contribution in [-0.2, 0) is 16.6 Å². The minimum absolute atomic E-state index is 0.0340. The van der Waals surface area contributed by atoms with Crippen molar-refractivity contribution in [2.75, 3.05) is 10.6 Å². The van der Waals surface area contributed by atoms with E-state index in [2.05, 4.69) is 5.32 Å². The number of hydrogen-bond donors (Lipinski definition) is 1. The average Bonchev–Trinajstić information content (AvgIpc) is 3.31. The third kappa shape index (κ3) is 4.38. The number of carbonyl (C=O) groups excluding carboxylic acids is 1. The molecule has 30 heavy (non-hydrogen) atoms. The lowest BCUT2D eigenvalue weighted by Gasteiger charge is -2.24. The summed E-state index contributed by atoms with van der Waals surface area (Å²) in [5.41, 5.74) is 4.29. The average molecular weight is 427 g/mol. The predicted molar refractivity (Wildman–Crippen MR) is 120 cm³/mol.